The molecule has 5 nitrogen and oxygen atoms in total. The predicted molar refractivity (Wildman–Crippen MR) is 122 cm³/mol. The first kappa shape index (κ1) is 21.4. The van der Waals surface area contributed by atoms with Crippen LogP contribution in [0.4, 0.5) is 0 Å². The van der Waals surface area contributed by atoms with Gasteiger partial charge in [-0.2, -0.15) is 0 Å². The highest BCUT2D eigenvalue weighted by atomic mass is 32.1. The van der Waals surface area contributed by atoms with Gasteiger partial charge in [0.1, 0.15) is 0 Å². The maximum Gasteiger partial charge on any atom is 0.169 e. The second-order valence-electron chi connectivity index (χ2n) is 7.55. The summed E-state index contributed by atoms with van der Waals surface area (Å²) in [7, 11) is 7.54. The van der Waals surface area contributed by atoms with Crippen molar-refractivity contribution in [2.24, 2.45) is 0 Å². The number of benzene rings is 2. The van der Waals surface area contributed by atoms with E-state index in [0.717, 1.165) is 49.1 Å². The summed E-state index contributed by atoms with van der Waals surface area (Å²) in [6.07, 6.45) is 1.97. The summed E-state index contributed by atoms with van der Waals surface area (Å²) in [5, 5.41) is 4.27. The zero-order chi connectivity index (χ0) is 20.8. The SMILES string of the molecule is COc1cc2c(cc1OC)C(c1ccccc1)N(C(=S)NCCCN(C)C)CC2. The van der Waals surface area contributed by atoms with Crippen LogP contribution in [0.15, 0.2) is 42.5 Å². The van der Waals surface area contributed by atoms with Gasteiger partial charge in [0, 0.05) is 13.1 Å². The van der Waals surface area contributed by atoms with Gasteiger partial charge in [0.25, 0.3) is 0 Å². The first-order valence-corrected chi connectivity index (χ1v) is 10.4. The molecule has 6 heteroatoms. The number of thiocarbonyl (C=S) groups is 1. The van der Waals surface area contributed by atoms with E-state index < -0.39 is 0 Å². The molecule has 0 saturated carbocycles. The molecule has 2 aromatic rings. The van der Waals surface area contributed by atoms with Crippen LogP contribution in [0, 0.1) is 0 Å². The molecule has 0 aliphatic carbocycles. The Hall–Kier alpha value is -2.31. The van der Waals surface area contributed by atoms with Gasteiger partial charge in [-0.1, -0.05) is 30.3 Å². The van der Waals surface area contributed by atoms with Crippen molar-refractivity contribution in [2.45, 2.75) is 18.9 Å². The van der Waals surface area contributed by atoms with E-state index >= 15 is 0 Å². The Bertz CT molecular complexity index is 826. The van der Waals surface area contributed by atoms with Crippen molar-refractivity contribution in [3.8, 4) is 11.5 Å². The number of nitrogens with zero attached hydrogens (tertiary/aromatic N) is 2. The molecule has 1 atom stereocenters. The molecule has 0 aromatic heterocycles. The van der Waals surface area contributed by atoms with E-state index in [1.807, 2.05) is 6.07 Å². The third-order valence-corrected chi connectivity index (χ3v) is 5.69. The Morgan fingerprint density at radius 2 is 1.83 bits per heavy atom. The van der Waals surface area contributed by atoms with E-state index in [0.29, 0.717) is 0 Å². The fourth-order valence-electron chi connectivity index (χ4n) is 3.85. The Balaban J connectivity index is 1.91. The van der Waals surface area contributed by atoms with Crippen LogP contribution >= 0.6 is 12.2 Å². The number of hydrogen-bond donors (Lipinski definition) is 1. The Labute approximate surface area is 179 Å². The molecule has 156 valence electrons. The average molecular weight is 414 g/mol. The normalized spacial score (nSPS) is 15.8. The van der Waals surface area contributed by atoms with E-state index in [1.165, 1.54) is 16.7 Å². The molecule has 1 N–H and O–H groups in total. The summed E-state index contributed by atoms with van der Waals surface area (Å²) in [6.45, 7) is 2.77. The van der Waals surface area contributed by atoms with E-state index in [-0.39, 0.29) is 6.04 Å². The quantitative estimate of drug-likeness (QED) is 0.553. The second kappa shape index (κ2) is 9.94. The van der Waals surface area contributed by atoms with Gasteiger partial charge >= 0.3 is 0 Å². The lowest BCUT2D eigenvalue weighted by molar-refractivity contribution is 0.323. The molecular formula is C23H31N3O2S. The minimum atomic E-state index is 0.0496. The van der Waals surface area contributed by atoms with Crippen LogP contribution in [0.2, 0.25) is 0 Å². The zero-order valence-electron chi connectivity index (χ0n) is 17.8. The molecule has 0 radical (unpaired) electrons. The van der Waals surface area contributed by atoms with Crippen molar-refractivity contribution < 1.29 is 9.47 Å². The lowest BCUT2D eigenvalue weighted by Crippen LogP contribution is -2.46. The number of fused-ring (bicyclic) bond motifs is 1. The third kappa shape index (κ3) is 5.00. The van der Waals surface area contributed by atoms with E-state index in [1.54, 1.807) is 14.2 Å². The summed E-state index contributed by atoms with van der Waals surface area (Å²) < 4.78 is 11.1. The average Bonchev–Trinajstić information content (AvgIpc) is 2.75. The topological polar surface area (TPSA) is 37.0 Å². The number of ether oxygens (including phenoxy) is 2. The highest BCUT2D eigenvalue weighted by Crippen LogP contribution is 2.40. The first-order chi connectivity index (χ1) is 14.0. The largest absolute Gasteiger partial charge is 0.493 e. The number of rotatable bonds is 7. The van der Waals surface area contributed by atoms with Gasteiger partial charge in [-0.15, -0.1) is 0 Å². The van der Waals surface area contributed by atoms with Gasteiger partial charge in [-0.05, 0) is 74.5 Å². The Morgan fingerprint density at radius 3 is 2.48 bits per heavy atom. The van der Waals surface area contributed by atoms with Gasteiger partial charge < -0.3 is 24.6 Å². The second-order valence-corrected chi connectivity index (χ2v) is 7.94. The molecule has 0 fully saturated rings. The summed E-state index contributed by atoms with van der Waals surface area (Å²) in [6, 6.07) is 14.8. The van der Waals surface area contributed by atoms with E-state index in [9.17, 15) is 0 Å². The summed E-state index contributed by atoms with van der Waals surface area (Å²) >= 11 is 5.81. The van der Waals surface area contributed by atoms with E-state index in [2.05, 4.69) is 65.6 Å². The van der Waals surface area contributed by atoms with Crippen molar-refractivity contribution in [3.63, 3.8) is 0 Å². The molecule has 0 bridgehead atoms. The molecule has 29 heavy (non-hydrogen) atoms. The first-order valence-electron chi connectivity index (χ1n) is 10.0. The maximum absolute atomic E-state index is 5.81. The zero-order valence-corrected chi connectivity index (χ0v) is 18.6. The molecular weight excluding hydrogens is 382 g/mol. The van der Waals surface area contributed by atoms with Gasteiger partial charge in [-0.3, -0.25) is 0 Å². The maximum atomic E-state index is 5.81. The smallest absolute Gasteiger partial charge is 0.169 e. The van der Waals surface area contributed by atoms with Crippen molar-refractivity contribution >= 4 is 17.3 Å². The van der Waals surface area contributed by atoms with Crippen LogP contribution in [0.3, 0.4) is 0 Å². The van der Waals surface area contributed by atoms with Crippen LogP contribution < -0.4 is 14.8 Å². The van der Waals surface area contributed by atoms with E-state index in [4.69, 9.17) is 21.7 Å². The molecule has 2 aromatic carbocycles. The summed E-state index contributed by atoms with van der Waals surface area (Å²) in [5.74, 6) is 1.52. The molecule has 1 heterocycles. The standard InChI is InChI=1S/C23H31N3O2S/c1-25(2)13-8-12-24-23(29)26-14-11-18-15-20(27-3)21(28-4)16-19(18)22(26)17-9-6-5-7-10-17/h5-7,9-10,15-16,22H,8,11-14H2,1-4H3,(H,24,29). The highest BCUT2D eigenvalue weighted by molar-refractivity contribution is 7.80. The lowest BCUT2D eigenvalue weighted by Gasteiger charge is -2.40. The monoisotopic (exact) mass is 413 g/mol. The van der Waals surface area contributed by atoms with Crippen molar-refractivity contribution in [2.75, 3.05) is 47.9 Å². The van der Waals surface area contributed by atoms with Gasteiger partial charge in [0.05, 0.1) is 20.3 Å². The summed E-state index contributed by atoms with van der Waals surface area (Å²) in [4.78, 5) is 4.49. The lowest BCUT2D eigenvalue weighted by atomic mass is 9.88. The van der Waals surface area contributed by atoms with Gasteiger partial charge in [0.15, 0.2) is 16.6 Å². The van der Waals surface area contributed by atoms with Crippen molar-refractivity contribution in [1.82, 2.24) is 15.1 Å². The molecule has 1 aliphatic rings. The summed E-state index contributed by atoms with van der Waals surface area (Å²) in [5.41, 5.74) is 3.72. The van der Waals surface area contributed by atoms with Crippen molar-refractivity contribution in [3.05, 3.63) is 59.2 Å². The fourth-order valence-corrected chi connectivity index (χ4v) is 4.15. The van der Waals surface area contributed by atoms with Crippen LogP contribution in [0.1, 0.15) is 29.2 Å². The number of hydrogen-bond acceptors (Lipinski definition) is 4. The van der Waals surface area contributed by atoms with Crippen LogP contribution in [-0.2, 0) is 6.42 Å². The molecule has 0 saturated heterocycles. The number of methoxy groups -OCH3 is 2. The Kier molecular flexibility index (Phi) is 7.34. The van der Waals surface area contributed by atoms with Crippen molar-refractivity contribution in [1.29, 1.82) is 0 Å². The van der Waals surface area contributed by atoms with Crippen LogP contribution in [-0.4, -0.2) is 62.9 Å². The van der Waals surface area contributed by atoms with Gasteiger partial charge in [-0.25, -0.2) is 0 Å². The Morgan fingerprint density at radius 1 is 1.14 bits per heavy atom. The molecule has 0 spiro atoms. The molecule has 3 rings (SSSR count). The van der Waals surface area contributed by atoms with Crippen LogP contribution in [0.5, 0.6) is 11.5 Å². The fraction of sp³-hybridized carbons (Fsp3) is 0.435. The number of nitrogens with one attached hydrogen (secondary N) is 1. The predicted octanol–water partition coefficient (Wildman–Crippen LogP) is 3.48. The molecule has 0 amide bonds. The van der Waals surface area contributed by atoms with Gasteiger partial charge in [0.2, 0.25) is 0 Å². The molecule has 1 unspecified atom stereocenters. The molecule has 1 aliphatic heterocycles. The minimum Gasteiger partial charge on any atom is -0.493 e. The van der Waals surface area contributed by atoms with Crippen LogP contribution in [0.25, 0.3) is 0 Å². The highest BCUT2D eigenvalue weighted by Gasteiger charge is 2.31. The third-order valence-electron chi connectivity index (χ3n) is 5.31. The minimum absolute atomic E-state index is 0.0496.